The van der Waals surface area contributed by atoms with Crippen molar-refractivity contribution in [3.8, 4) is 5.75 Å². The van der Waals surface area contributed by atoms with Gasteiger partial charge in [-0.2, -0.15) is 13.2 Å². The lowest BCUT2D eigenvalue weighted by Crippen LogP contribution is -2.05. The van der Waals surface area contributed by atoms with Gasteiger partial charge in [0.2, 0.25) is 0 Å². The van der Waals surface area contributed by atoms with Crippen LogP contribution in [-0.2, 0) is 6.18 Å². The maximum atomic E-state index is 12.4. The second-order valence-corrected chi connectivity index (χ2v) is 4.25. The maximum absolute atomic E-state index is 12.4. The maximum Gasteiger partial charge on any atom is 0.417 e. The number of hydrogen-bond donors (Lipinski definition) is 1. The number of aliphatic imine (C=N–C) groups is 1. The Labute approximate surface area is 117 Å². The van der Waals surface area contributed by atoms with Crippen molar-refractivity contribution in [3.05, 3.63) is 52.7 Å². The summed E-state index contributed by atoms with van der Waals surface area (Å²) in [6.07, 6.45) is -2.57. The first-order valence-corrected chi connectivity index (χ1v) is 5.80. The number of nitrogens with zero attached hydrogens (tertiary/aromatic N) is 2. The van der Waals surface area contributed by atoms with Crippen LogP contribution < -0.4 is 0 Å². The predicted molar refractivity (Wildman–Crippen MR) is 69.6 cm³/mol. The molecule has 0 radical (unpaired) electrons. The van der Waals surface area contributed by atoms with E-state index < -0.39 is 11.7 Å². The molecular weight excluding hydrogens is 293 g/mol. The molecule has 1 aromatic heterocycles. The Morgan fingerprint density at radius 2 is 1.95 bits per heavy atom. The number of para-hydroxylation sites is 1. The van der Waals surface area contributed by atoms with Gasteiger partial charge in [0.15, 0.2) is 5.82 Å². The molecule has 7 heteroatoms. The lowest BCUT2D eigenvalue weighted by atomic mass is 10.2. The van der Waals surface area contributed by atoms with Gasteiger partial charge in [0.25, 0.3) is 0 Å². The molecule has 1 heterocycles. The molecule has 104 valence electrons. The zero-order valence-electron chi connectivity index (χ0n) is 9.89. The molecule has 0 spiro atoms. The minimum Gasteiger partial charge on any atom is -0.507 e. The molecule has 0 atom stereocenters. The molecule has 20 heavy (non-hydrogen) atoms. The summed E-state index contributed by atoms with van der Waals surface area (Å²) >= 11 is 5.70. The van der Waals surface area contributed by atoms with Crippen molar-refractivity contribution < 1.29 is 18.3 Å². The number of benzene rings is 1. The summed E-state index contributed by atoms with van der Waals surface area (Å²) in [6, 6.07) is 7.13. The van der Waals surface area contributed by atoms with Crippen molar-refractivity contribution >= 4 is 23.6 Å². The van der Waals surface area contributed by atoms with Gasteiger partial charge < -0.3 is 5.11 Å². The summed E-state index contributed by atoms with van der Waals surface area (Å²) in [5.41, 5.74) is -0.533. The first-order valence-electron chi connectivity index (χ1n) is 5.43. The van der Waals surface area contributed by atoms with Crippen LogP contribution in [-0.4, -0.2) is 16.3 Å². The third-order valence-corrected chi connectivity index (χ3v) is 2.69. The van der Waals surface area contributed by atoms with Gasteiger partial charge in [-0.05, 0) is 18.2 Å². The Morgan fingerprint density at radius 1 is 1.25 bits per heavy atom. The van der Waals surface area contributed by atoms with Gasteiger partial charge in [-0.25, -0.2) is 9.98 Å². The fourth-order valence-electron chi connectivity index (χ4n) is 1.41. The molecule has 0 saturated heterocycles. The summed E-state index contributed by atoms with van der Waals surface area (Å²) < 4.78 is 37.3. The average molecular weight is 301 g/mol. The van der Waals surface area contributed by atoms with Gasteiger partial charge in [-0.1, -0.05) is 23.7 Å². The lowest BCUT2D eigenvalue weighted by molar-refractivity contribution is -0.137. The zero-order valence-corrected chi connectivity index (χ0v) is 10.7. The summed E-state index contributed by atoms with van der Waals surface area (Å²) in [7, 11) is 0. The summed E-state index contributed by atoms with van der Waals surface area (Å²) in [4.78, 5) is 7.42. The van der Waals surface area contributed by atoms with E-state index in [1.165, 1.54) is 12.3 Å². The molecule has 1 N–H and O–H groups in total. The van der Waals surface area contributed by atoms with Gasteiger partial charge in [0.1, 0.15) is 5.75 Å². The summed E-state index contributed by atoms with van der Waals surface area (Å²) in [5, 5.41) is 9.30. The normalized spacial score (nSPS) is 12.0. The Kier molecular flexibility index (Phi) is 3.94. The molecule has 2 aromatic rings. The fraction of sp³-hybridized carbons (Fsp3) is 0.0769. The number of rotatable bonds is 2. The van der Waals surface area contributed by atoms with E-state index in [1.807, 2.05) is 0 Å². The van der Waals surface area contributed by atoms with E-state index in [2.05, 4.69) is 9.98 Å². The molecule has 3 nitrogen and oxygen atoms in total. The highest BCUT2D eigenvalue weighted by Crippen LogP contribution is 2.33. The molecule has 2 rings (SSSR count). The van der Waals surface area contributed by atoms with Crippen LogP contribution in [0.4, 0.5) is 19.0 Å². The van der Waals surface area contributed by atoms with Crippen molar-refractivity contribution in [2.24, 2.45) is 4.99 Å². The van der Waals surface area contributed by atoms with Gasteiger partial charge >= 0.3 is 6.18 Å². The molecule has 0 fully saturated rings. The van der Waals surface area contributed by atoms with Crippen LogP contribution in [0.5, 0.6) is 5.75 Å². The minimum absolute atomic E-state index is 0.000663. The van der Waals surface area contributed by atoms with Crippen molar-refractivity contribution in [1.82, 2.24) is 4.98 Å². The van der Waals surface area contributed by atoms with Crippen molar-refractivity contribution in [1.29, 1.82) is 0 Å². The van der Waals surface area contributed by atoms with E-state index >= 15 is 0 Å². The molecule has 0 aliphatic heterocycles. The number of aromatic hydroxyl groups is 1. The fourth-order valence-corrected chi connectivity index (χ4v) is 1.62. The van der Waals surface area contributed by atoms with E-state index in [1.54, 1.807) is 18.2 Å². The number of pyridine rings is 1. The second-order valence-electron chi connectivity index (χ2n) is 3.84. The van der Waals surface area contributed by atoms with Crippen molar-refractivity contribution in [2.75, 3.05) is 0 Å². The monoisotopic (exact) mass is 300 g/mol. The van der Waals surface area contributed by atoms with Crippen molar-refractivity contribution in [3.63, 3.8) is 0 Å². The SMILES string of the molecule is Oc1ccccc1C=Nc1ncc(C(F)(F)F)cc1Cl. The molecule has 0 aliphatic rings. The van der Waals surface area contributed by atoms with Crippen molar-refractivity contribution in [2.45, 2.75) is 6.18 Å². The van der Waals surface area contributed by atoms with Gasteiger partial charge in [0, 0.05) is 18.0 Å². The molecule has 0 saturated carbocycles. The molecule has 0 aliphatic carbocycles. The lowest BCUT2D eigenvalue weighted by Gasteiger charge is -2.06. The minimum atomic E-state index is -4.50. The van der Waals surface area contributed by atoms with Crippen LogP contribution in [0.3, 0.4) is 0 Å². The highest BCUT2D eigenvalue weighted by molar-refractivity contribution is 6.32. The Hall–Kier alpha value is -2.08. The van der Waals surface area contributed by atoms with Crippen LogP contribution in [0.25, 0.3) is 0 Å². The predicted octanol–water partition coefficient (Wildman–Crippen LogP) is 4.21. The zero-order chi connectivity index (χ0) is 14.8. The van der Waals surface area contributed by atoms with Gasteiger partial charge in [-0.15, -0.1) is 0 Å². The first kappa shape index (κ1) is 14.3. The first-order chi connectivity index (χ1) is 9.38. The number of phenols is 1. The van der Waals surface area contributed by atoms with Gasteiger partial charge in [0.05, 0.1) is 10.6 Å². The topological polar surface area (TPSA) is 45.5 Å². The molecule has 0 bridgehead atoms. The Bertz CT molecular complexity index is 656. The largest absolute Gasteiger partial charge is 0.507 e. The molecule has 1 aromatic carbocycles. The van der Waals surface area contributed by atoms with Crippen LogP contribution in [0.2, 0.25) is 5.02 Å². The Balaban J connectivity index is 2.29. The molecule has 0 amide bonds. The number of phenolic OH excluding ortho intramolecular Hbond substituents is 1. The van der Waals surface area contributed by atoms with Crippen LogP contribution in [0.1, 0.15) is 11.1 Å². The molecule has 0 unspecified atom stereocenters. The van der Waals surface area contributed by atoms with Crippen LogP contribution in [0, 0.1) is 0 Å². The highest BCUT2D eigenvalue weighted by Gasteiger charge is 2.31. The summed E-state index contributed by atoms with van der Waals surface area (Å²) in [6.45, 7) is 0. The third-order valence-electron chi connectivity index (χ3n) is 2.41. The quantitative estimate of drug-likeness (QED) is 0.844. The number of alkyl halides is 3. The van der Waals surface area contributed by atoms with E-state index in [4.69, 9.17) is 11.6 Å². The van der Waals surface area contributed by atoms with E-state index in [0.29, 0.717) is 11.8 Å². The van der Waals surface area contributed by atoms with E-state index in [0.717, 1.165) is 6.07 Å². The number of halogens is 4. The smallest absolute Gasteiger partial charge is 0.417 e. The Morgan fingerprint density at radius 3 is 2.55 bits per heavy atom. The van der Waals surface area contributed by atoms with Crippen LogP contribution >= 0.6 is 11.6 Å². The number of hydrogen-bond acceptors (Lipinski definition) is 3. The van der Waals surface area contributed by atoms with E-state index in [-0.39, 0.29) is 16.6 Å². The average Bonchev–Trinajstić information content (AvgIpc) is 2.38. The summed E-state index contributed by atoms with van der Waals surface area (Å²) in [5.74, 6) is -0.0535. The highest BCUT2D eigenvalue weighted by atomic mass is 35.5. The molecular formula is C13H8ClF3N2O. The third kappa shape index (κ3) is 3.27. The standard InChI is InChI=1S/C13H8ClF3N2O/c14-10-5-9(13(15,16)17)7-19-12(10)18-6-8-3-1-2-4-11(8)20/h1-7,20H. The van der Waals surface area contributed by atoms with E-state index in [9.17, 15) is 18.3 Å². The second kappa shape index (κ2) is 5.50. The number of aromatic nitrogens is 1. The van der Waals surface area contributed by atoms with Crippen LogP contribution in [0.15, 0.2) is 41.5 Å². The van der Waals surface area contributed by atoms with Gasteiger partial charge in [-0.3, -0.25) is 0 Å².